The van der Waals surface area contributed by atoms with E-state index < -0.39 is 0 Å². The molecule has 2 aliphatic heterocycles. The van der Waals surface area contributed by atoms with E-state index in [1.165, 1.54) is 32.0 Å². The summed E-state index contributed by atoms with van der Waals surface area (Å²) in [6.07, 6.45) is 0.592. The number of hydrogen-bond donors (Lipinski definition) is 0. The normalized spacial score (nSPS) is 18.5. The fraction of sp³-hybridized carbons (Fsp3) is 0.194. The average Bonchev–Trinajstić information content (AvgIpc) is 2.90. The minimum Gasteiger partial charge on any atom is -0.299 e. The Balaban J connectivity index is 1.42. The summed E-state index contributed by atoms with van der Waals surface area (Å²) in [7, 11) is 0. The van der Waals surface area contributed by atoms with Crippen molar-refractivity contribution in [2.24, 2.45) is 5.92 Å². The topological polar surface area (TPSA) is 20.3 Å². The summed E-state index contributed by atoms with van der Waals surface area (Å²) in [6.45, 7) is 1.55. The highest BCUT2D eigenvalue weighted by molar-refractivity contribution is 7.99. The van der Waals surface area contributed by atoms with Gasteiger partial charge in [-0.25, -0.2) is 0 Å². The molecule has 34 heavy (non-hydrogen) atoms. The molecule has 6 rings (SSSR count). The van der Waals surface area contributed by atoms with E-state index in [1.54, 1.807) is 0 Å². The molecule has 168 valence electrons. The zero-order valence-corrected chi connectivity index (χ0v) is 19.8. The molecule has 3 heteroatoms. The van der Waals surface area contributed by atoms with E-state index in [-0.39, 0.29) is 17.9 Å². The molecular weight excluding hydrogens is 434 g/mol. The number of piperidine rings is 1. The first-order chi connectivity index (χ1) is 16.8. The number of nitrogens with zero attached hydrogens (tertiary/aromatic N) is 1. The molecule has 2 heterocycles. The molecule has 0 spiro atoms. The first-order valence-electron chi connectivity index (χ1n) is 12.0. The van der Waals surface area contributed by atoms with Crippen molar-refractivity contribution in [3.05, 3.63) is 131 Å². The van der Waals surface area contributed by atoms with Gasteiger partial charge in [0.25, 0.3) is 0 Å². The summed E-state index contributed by atoms with van der Waals surface area (Å²) < 4.78 is 0. The quantitative estimate of drug-likeness (QED) is 0.327. The Hall–Kier alpha value is -3.14. The van der Waals surface area contributed by atoms with Crippen molar-refractivity contribution in [3.8, 4) is 0 Å². The van der Waals surface area contributed by atoms with Crippen LogP contribution in [-0.4, -0.2) is 23.8 Å². The third-order valence-corrected chi connectivity index (χ3v) is 8.41. The number of carbonyl (C=O) groups excluding carboxylic acids is 1. The lowest BCUT2D eigenvalue weighted by Gasteiger charge is -2.43. The molecule has 1 atom stereocenters. The minimum atomic E-state index is -0.0764. The second-order valence-corrected chi connectivity index (χ2v) is 10.3. The summed E-state index contributed by atoms with van der Waals surface area (Å²) in [4.78, 5) is 18.7. The molecule has 4 aromatic rings. The van der Waals surface area contributed by atoms with Gasteiger partial charge in [0.2, 0.25) is 0 Å². The summed E-state index contributed by atoms with van der Waals surface area (Å²) in [5.74, 6) is 0.356. The van der Waals surface area contributed by atoms with Crippen molar-refractivity contribution >= 4 is 17.5 Å². The van der Waals surface area contributed by atoms with E-state index in [9.17, 15) is 4.79 Å². The van der Waals surface area contributed by atoms with Gasteiger partial charge in [-0.05, 0) is 34.4 Å². The second-order valence-electron chi connectivity index (χ2n) is 9.20. The van der Waals surface area contributed by atoms with Crippen LogP contribution >= 0.6 is 11.8 Å². The summed E-state index contributed by atoms with van der Waals surface area (Å²) in [6, 6.07) is 38.8. The molecule has 1 fully saturated rings. The Morgan fingerprint density at radius 3 is 1.74 bits per heavy atom. The maximum absolute atomic E-state index is 13.5. The Bertz CT molecular complexity index is 1220. The van der Waals surface area contributed by atoms with Gasteiger partial charge in [-0.3, -0.25) is 9.69 Å². The average molecular weight is 462 g/mol. The smallest absolute Gasteiger partial charge is 0.139 e. The van der Waals surface area contributed by atoms with Gasteiger partial charge in [0, 0.05) is 41.1 Å². The van der Waals surface area contributed by atoms with Crippen LogP contribution in [0.3, 0.4) is 0 Å². The molecule has 2 aliphatic rings. The zero-order valence-electron chi connectivity index (χ0n) is 19.0. The molecule has 2 nitrogen and oxygen atoms in total. The van der Waals surface area contributed by atoms with Gasteiger partial charge in [0.05, 0.1) is 6.04 Å². The molecule has 0 amide bonds. The molecule has 0 N–H and O–H groups in total. The van der Waals surface area contributed by atoms with Gasteiger partial charge in [0.15, 0.2) is 0 Å². The first-order valence-corrected chi connectivity index (χ1v) is 12.8. The van der Waals surface area contributed by atoms with Crippen molar-refractivity contribution < 1.29 is 4.79 Å². The van der Waals surface area contributed by atoms with E-state index in [0.29, 0.717) is 12.2 Å². The van der Waals surface area contributed by atoms with Crippen LogP contribution in [0.5, 0.6) is 0 Å². The molecule has 1 unspecified atom stereocenters. The SMILES string of the molecule is O=C1CCN(C2c3ccccc3Sc3ccccc32)CC1C(c1ccccc1)c1ccccc1. The van der Waals surface area contributed by atoms with Crippen molar-refractivity contribution in [2.45, 2.75) is 28.2 Å². The number of ketones is 1. The molecule has 0 aliphatic carbocycles. The van der Waals surface area contributed by atoms with Crippen molar-refractivity contribution in [2.75, 3.05) is 13.1 Å². The monoisotopic (exact) mass is 461 g/mol. The Labute approximate surface area is 205 Å². The van der Waals surface area contributed by atoms with Crippen LogP contribution in [0.15, 0.2) is 119 Å². The van der Waals surface area contributed by atoms with Gasteiger partial charge in [0.1, 0.15) is 5.78 Å². The van der Waals surface area contributed by atoms with Crippen LogP contribution in [0, 0.1) is 5.92 Å². The van der Waals surface area contributed by atoms with E-state index in [2.05, 4.69) is 102 Å². The van der Waals surface area contributed by atoms with Crippen molar-refractivity contribution in [1.29, 1.82) is 0 Å². The molecule has 0 bridgehead atoms. The van der Waals surface area contributed by atoms with Gasteiger partial charge >= 0.3 is 0 Å². The Morgan fingerprint density at radius 2 is 1.18 bits per heavy atom. The molecule has 0 saturated carbocycles. The Morgan fingerprint density at radius 1 is 0.676 bits per heavy atom. The van der Waals surface area contributed by atoms with Crippen LogP contribution in [0.2, 0.25) is 0 Å². The summed E-state index contributed by atoms with van der Waals surface area (Å²) in [5, 5.41) is 0. The number of carbonyl (C=O) groups is 1. The third kappa shape index (κ3) is 3.89. The second kappa shape index (κ2) is 9.25. The Kier molecular flexibility index (Phi) is 5.82. The van der Waals surface area contributed by atoms with E-state index in [1.807, 2.05) is 23.9 Å². The number of likely N-dealkylation sites (tertiary alicyclic amines) is 1. The molecule has 1 saturated heterocycles. The molecule has 4 aromatic carbocycles. The van der Waals surface area contributed by atoms with Gasteiger partial charge < -0.3 is 0 Å². The van der Waals surface area contributed by atoms with Crippen LogP contribution in [0.1, 0.15) is 40.6 Å². The molecule has 0 aromatic heterocycles. The number of Topliss-reactive ketones (excluding diaryl/α,β-unsaturated/α-hetero) is 1. The summed E-state index contributed by atoms with van der Waals surface area (Å²) >= 11 is 1.86. The molecular formula is C31H27NOS. The third-order valence-electron chi connectivity index (χ3n) is 7.22. The van der Waals surface area contributed by atoms with Gasteiger partial charge in [-0.15, -0.1) is 0 Å². The lowest BCUT2D eigenvalue weighted by Crippen LogP contribution is -2.45. The fourth-order valence-corrected chi connectivity index (χ4v) is 6.79. The number of hydrogen-bond acceptors (Lipinski definition) is 3. The summed E-state index contributed by atoms with van der Waals surface area (Å²) in [5.41, 5.74) is 5.15. The zero-order chi connectivity index (χ0) is 22.9. The standard InChI is InChI=1S/C31H27NOS/c33-27-19-20-32(31-24-15-7-9-17-28(24)34-29-18-10-8-16-25(29)31)21-26(27)30(22-11-3-1-4-12-22)23-13-5-2-6-14-23/h1-18,26,30-31H,19-21H2. The minimum absolute atomic E-state index is 0.0566. The lowest BCUT2D eigenvalue weighted by atomic mass is 9.75. The maximum Gasteiger partial charge on any atom is 0.139 e. The predicted molar refractivity (Wildman–Crippen MR) is 138 cm³/mol. The van der Waals surface area contributed by atoms with Gasteiger partial charge in [-0.1, -0.05) is 109 Å². The maximum atomic E-state index is 13.5. The van der Waals surface area contributed by atoms with Crippen LogP contribution in [0.25, 0.3) is 0 Å². The largest absolute Gasteiger partial charge is 0.299 e. The number of rotatable bonds is 4. The fourth-order valence-electron chi connectivity index (χ4n) is 5.67. The molecule has 0 radical (unpaired) electrons. The van der Waals surface area contributed by atoms with Crippen molar-refractivity contribution in [3.63, 3.8) is 0 Å². The highest BCUT2D eigenvalue weighted by atomic mass is 32.2. The number of fused-ring (bicyclic) bond motifs is 2. The van der Waals surface area contributed by atoms with Crippen LogP contribution in [0.4, 0.5) is 0 Å². The predicted octanol–water partition coefficient (Wildman–Crippen LogP) is 6.96. The lowest BCUT2D eigenvalue weighted by molar-refractivity contribution is -0.127. The van der Waals surface area contributed by atoms with Crippen LogP contribution in [-0.2, 0) is 4.79 Å². The van der Waals surface area contributed by atoms with E-state index in [4.69, 9.17) is 0 Å². The van der Waals surface area contributed by atoms with Gasteiger partial charge in [-0.2, -0.15) is 0 Å². The van der Waals surface area contributed by atoms with E-state index >= 15 is 0 Å². The number of benzene rings is 4. The first kappa shape index (κ1) is 21.4. The van der Waals surface area contributed by atoms with E-state index in [0.717, 1.165) is 13.1 Å². The highest BCUT2D eigenvalue weighted by Gasteiger charge is 2.40. The van der Waals surface area contributed by atoms with Crippen molar-refractivity contribution in [1.82, 2.24) is 4.90 Å². The van der Waals surface area contributed by atoms with Crippen LogP contribution < -0.4 is 0 Å². The highest BCUT2D eigenvalue weighted by Crippen LogP contribution is 2.48.